The minimum atomic E-state index is -0.685. The highest BCUT2D eigenvalue weighted by molar-refractivity contribution is 6.21. The molecule has 0 radical (unpaired) electrons. The van der Waals surface area contributed by atoms with Crippen LogP contribution in [0.25, 0.3) is 10.8 Å². The van der Waals surface area contributed by atoms with Crippen LogP contribution in [0, 0.1) is 0 Å². The van der Waals surface area contributed by atoms with Crippen LogP contribution in [-0.4, -0.2) is 46.0 Å². The summed E-state index contributed by atoms with van der Waals surface area (Å²) in [5.74, 6) is -1.38. The predicted molar refractivity (Wildman–Crippen MR) is 99.1 cm³/mol. The molecule has 0 fully saturated rings. The van der Waals surface area contributed by atoms with Crippen LogP contribution in [0.4, 0.5) is 0 Å². The van der Waals surface area contributed by atoms with E-state index in [9.17, 15) is 19.2 Å². The molecule has 8 nitrogen and oxygen atoms in total. The molecule has 3 aromatic rings. The smallest absolute Gasteiger partial charge is 0.359 e. The molecule has 28 heavy (non-hydrogen) atoms. The second-order valence-electron chi connectivity index (χ2n) is 6.24. The van der Waals surface area contributed by atoms with Crippen LogP contribution in [0.1, 0.15) is 37.6 Å². The number of amides is 2. The van der Waals surface area contributed by atoms with Crippen molar-refractivity contribution in [3.63, 3.8) is 0 Å². The predicted octanol–water partition coefficient (Wildman–Crippen LogP) is 1.77. The number of nitrogens with one attached hydrogen (secondary N) is 1. The van der Waals surface area contributed by atoms with Gasteiger partial charge in [-0.2, -0.15) is 5.10 Å². The molecule has 0 bridgehead atoms. The van der Waals surface area contributed by atoms with Crippen molar-refractivity contribution < 1.29 is 19.1 Å². The van der Waals surface area contributed by atoms with Crippen LogP contribution in [0.15, 0.2) is 53.3 Å². The monoisotopic (exact) mass is 377 g/mol. The Balaban J connectivity index is 1.39. The number of aromatic nitrogens is 2. The maximum absolute atomic E-state index is 12.3. The molecule has 1 N–H and O–H groups in total. The van der Waals surface area contributed by atoms with Gasteiger partial charge in [-0.25, -0.2) is 9.89 Å². The molecular formula is C20H15N3O5. The van der Waals surface area contributed by atoms with E-state index in [1.807, 2.05) is 0 Å². The maximum Gasteiger partial charge on any atom is 0.359 e. The van der Waals surface area contributed by atoms with E-state index in [1.165, 1.54) is 0 Å². The summed E-state index contributed by atoms with van der Waals surface area (Å²) in [4.78, 5) is 49.8. The Labute approximate surface area is 158 Å². The van der Waals surface area contributed by atoms with Gasteiger partial charge in [-0.05, 0) is 24.6 Å². The first-order valence-electron chi connectivity index (χ1n) is 8.67. The van der Waals surface area contributed by atoms with Gasteiger partial charge in [0.25, 0.3) is 17.4 Å². The first kappa shape index (κ1) is 17.6. The van der Waals surface area contributed by atoms with E-state index < -0.39 is 11.5 Å². The topological polar surface area (TPSA) is 109 Å². The first-order valence-corrected chi connectivity index (χ1v) is 8.67. The molecule has 0 unspecified atom stereocenters. The lowest BCUT2D eigenvalue weighted by molar-refractivity contribution is 0.0477. The summed E-state index contributed by atoms with van der Waals surface area (Å²) in [7, 11) is 0. The van der Waals surface area contributed by atoms with Gasteiger partial charge in [0.15, 0.2) is 5.69 Å². The summed E-state index contributed by atoms with van der Waals surface area (Å²) in [6.45, 7) is 0.140. The molecule has 140 valence electrons. The summed E-state index contributed by atoms with van der Waals surface area (Å²) in [5.41, 5.74) is 0.385. The molecule has 0 atom stereocenters. The number of hydrogen-bond donors (Lipinski definition) is 1. The van der Waals surface area contributed by atoms with Gasteiger partial charge in [0.2, 0.25) is 0 Å². The van der Waals surface area contributed by atoms with E-state index in [-0.39, 0.29) is 30.7 Å². The molecule has 0 spiro atoms. The zero-order valence-corrected chi connectivity index (χ0v) is 14.7. The van der Waals surface area contributed by atoms with Gasteiger partial charge < -0.3 is 4.74 Å². The summed E-state index contributed by atoms with van der Waals surface area (Å²) in [6.07, 6.45) is 0.290. The summed E-state index contributed by atoms with van der Waals surface area (Å²) in [5, 5.41) is 6.80. The van der Waals surface area contributed by atoms with E-state index in [0.717, 1.165) is 4.90 Å². The zero-order chi connectivity index (χ0) is 19.7. The minimum Gasteiger partial charge on any atom is -0.461 e. The second-order valence-corrected chi connectivity index (χ2v) is 6.24. The fourth-order valence-electron chi connectivity index (χ4n) is 3.17. The Morgan fingerprint density at radius 2 is 1.54 bits per heavy atom. The average Bonchev–Trinajstić information content (AvgIpc) is 2.96. The number of carbonyl (C=O) groups excluding carboxylic acids is 3. The Bertz CT molecular complexity index is 1130. The third kappa shape index (κ3) is 2.94. The second kappa shape index (κ2) is 7.07. The van der Waals surface area contributed by atoms with Crippen molar-refractivity contribution in [2.24, 2.45) is 0 Å². The first-order chi connectivity index (χ1) is 13.6. The Morgan fingerprint density at radius 1 is 0.929 bits per heavy atom. The van der Waals surface area contributed by atoms with Crippen molar-refractivity contribution in [3.05, 3.63) is 75.7 Å². The fraction of sp³-hybridized carbons (Fsp3) is 0.150. The molecule has 4 rings (SSSR count). The fourth-order valence-corrected chi connectivity index (χ4v) is 3.17. The third-order valence-corrected chi connectivity index (χ3v) is 4.53. The average molecular weight is 377 g/mol. The van der Waals surface area contributed by atoms with E-state index in [4.69, 9.17) is 4.74 Å². The van der Waals surface area contributed by atoms with Crippen LogP contribution < -0.4 is 5.56 Å². The van der Waals surface area contributed by atoms with Crippen LogP contribution in [0.3, 0.4) is 0 Å². The van der Waals surface area contributed by atoms with Gasteiger partial charge in [-0.15, -0.1) is 0 Å². The van der Waals surface area contributed by atoms with Gasteiger partial charge in [-0.3, -0.25) is 19.3 Å². The number of benzene rings is 2. The summed E-state index contributed by atoms with van der Waals surface area (Å²) in [6, 6.07) is 13.2. The van der Waals surface area contributed by atoms with Gasteiger partial charge >= 0.3 is 5.97 Å². The van der Waals surface area contributed by atoms with Gasteiger partial charge in [0, 0.05) is 11.9 Å². The highest BCUT2D eigenvalue weighted by atomic mass is 16.5. The number of aromatic amines is 1. The number of fused-ring (bicyclic) bond motifs is 2. The minimum absolute atomic E-state index is 0.00136. The lowest BCUT2D eigenvalue weighted by Crippen LogP contribution is -2.31. The SMILES string of the molecule is O=C(OCCCN1C(=O)c2ccccc2C1=O)c1n[nH]c(=O)c2ccccc12. The van der Waals surface area contributed by atoms with Crippen molar-refractivity contribution in [1.29, 1.82) is 0 Å². The Hall–Kier alpha value is -3.81. The highest BCUT2D eigenvalue weighted by Crippen LogP contribution is 2.22. The van der Waals surface area contributed by atoms with Crippen LogP contribution in [0.5, 0.6) is 0 Å². The van der Waals surface area contributed by atoms with Crippen molar-refractivity contribution in [1.82, 2.24) is 15.1 Å². The maximum atomic E-state index is 12.3. The lowest BCUT2D eigenvalue weighted by Gasteiger charge is -2.13. The number of imide groups is 1. The molecule has 2 aromatic carbocycles. The Kier molecular flexibility index (Phi) is 4.44. The van der Waals surface area contributed by atoms with Gasteiger partial charge in [0.1, 0.15) is 0 Å². The van der Waals surface area contributed by atoms with Gasteiger partial charge in [0.05, 0.1) is 23.1 Å². The molecule has 0 aliphatic carbocycles. The molecule has 0 saturated heterocycles. The van der Waals surface area contributed by atoms with Crippen LogP contribution in [0.2, 0.25) is 0 Å². The molecule has 1 aliphatic heterocycles. The third-order valence-electron chi connectivity index (χ3n) is 4.53. The van der Waals surface area contributed by atoms with E-state index >= 15 is 0 Å². The van der Waals surface area contributed by atoms with Crippen LogP contribution >= 0.6 is 0 Å². The molecule has 0 saturated carbocycles. The number of H-pyrrole nitrogens is 1. The molecule has 8 heteroatoms. The molecule has 1 aromatic heterocycles. The van der Waals surface area contributed by atoms with Crippen LogP contribution in [-0.2, 0) is 4.74 Å². The van der Waals surface area contributed by atoms with E-state index in [1.54, 1.807) is 48.5 Å². The van der Waals surface area contributed by atoms with E-state index in [2.05, 4.69) is 10.2 Å². The zero-order valence-electron chi connectivity index (χ0n) is 14.7. The number of esters is 1. The Morgan fingerprint density at radius 3 is 2.21 bits per heavy atom. The van der Waals surface area contributed by atoms with Crippen molar-refractivity contribution in [2.75, 3.05) is 13.2 Å². The largest absolute Gasteiger partial charge is 0.461 e. The number of nitrogens with zero attached hydrogens (tertiary/aromatic N) is 2. The van der Waals surface area contributed by atoms with Gasteiger partial charge in [-0.1, -0.05) is 30.3 Å². The highest BCUT2D eigenvalue weighted by Gasteiger charge is 2.34. The number of hydrogen-bond acceptors (Lipinski definition) is 6. The molecule has 1 aliphatic rings. The lowest BCUT2D eigenvalue weighted by atomic mass is 10.1. The van der Waals surface area contributed by atoms with Crippen molar-refractivity contribution in [3.8, 4) is 0 Å². The van der Waals surface area contributed by atoms with E-state index in [0.29, 0.717) is 28.3 Å². The summed E-state index contributed by atoms with van der Waals surface area (Å²) >= 11 is 0. The number of carbonyl (C=O) groups is 3. The van der Waals surface area contributed by atoms with Crippen molar-refractivity contribution in [2.45, 2.75) is 6.42 Å². The quantitative estimate of drug-likeness (QED) is 0.412. The normalized spacial score (nSPS) is 13.1. The van der Waals surface area contributed by atoms with Crippen molar-refractivity contribution >= 4 is 28.6 Å². The molecule has 2 amide bonds. The standard InChI is InChI=1S/C20H15N3O5/c24-17-13-7-2-1-6-12(13)16(21-22-17)20(27)28-11-5-10-23-18(25)14-8-3-4-9-15(14)19(23)26/h1-4,6-9H,5,10-11H2,(H,22,24). The number of ether oxygens (including phenoxy) is 1. The summed E-state index contributed by atoms with van der Waals surface area (Å²) < 4.78 is 5.21. The number of rotatable bonds is 5. The molecular weight excluding hydrogens is 362 g/mol. The molecule has 2 heterocycles.